The van der Waals surface area contributed by atoms with Gasteiger partial charge >= 0.3 is 6.18 Å². The van der Waals surface area contributed by atoms with E-state index >= 15 is 0 Å². The van der Waals surface area contributed by atoms with E-state index in [4.69, 9.17) is 5.73 Å². The van der Waals surface area contributed by atoms with Crippen molar-refractivity contribution in [3.05, 3.63) is 22.7 Å². The molecule has 1 unspecified atom stereocenters. The highest BCUT2D eigenvalue weighted by atomic mass is 79.9. The summed E-state index contributed by atoms with van der Waals surface area (Å²) in [5, 5.41) is 1.65. The molecule has 0 heterocycles. The first-order valence-corrected chi connectivity index (χ1v) is 7.07. The van der Waals surface area contributed by atoms with Crippen LogP contribution in [0.15, 0.2) is 27.6 Å². The van der Waals surface area contributed by atoms with Crippen LogP contribution in [0.25, 0.3) is 0 Å². The maximum atomic E-state index is 11.9. The van der Waals surface area contributed by atoms with E-state index in [1.807, 2.05) is 0 Å². The van der Waals surface area contributed by atoms with E-state index < -0.39 is 35.2 Å². The van der Waals surface area contributed by atoms with Gasteiger partial charge in [0.2, 0.25) is 5.91 Å². The fraction of sp³-hybridized carbons (Fsp3) is 0.300. The summed E-state index contributed by atoms with van der Waals surface area (Å²) in [6.07, 6.45) is -4.49. The fourth-order valence-corrected chi connectivity index (χ4v) is 2.75. The van der Waals surface area contributed by atoms with Crippen molar-refractivity contribution >= 4 is 38.3 Å². The molecule has 4 nitrogen and oxygen atoms in total. The zero-order chi connectivity index (χ0) is 14.6. The third kappa shape index (κ3) is 5.60. The van der Waals surface area contributed by atoms with E-state index in [9.17, 15) is 22.2 Å². The van der Waals surface area contributed by atoms with Crippen LogP contribution in [0, 0.1) is 0 Å². The third-order valence-electron chi connectivity index (χ3n) is 1.97. The minimum absolute atomic E-state index is 0.205. The number of benzene rings is 1. The van der Waals surface area contributed by atoms with Crippen molar-refractivity contribution < 1.29 is 22.2 Å². The standard InChI is InChI=1S/C10H10BrF3N2O2S/c11-6-1-2-7(15)8(3-6)19(18)4-9(17)16-5-10(12,13)14/h1-3H,4-5,15H2,(H,16,17). The lowest BCUT2D eigenvalue weighted by Crippen LogP contribution is -2.36. The van der Waals surface area contributed by atoms with Gasteiger partial charge in [0.05, 0.1) is 15.7 Å². The van der Waals surface area contributed by atoms with Crippen LogP contribution in [0.5, 0.6) is 0 Å². The normalized spacial score (nSPS) is 13.1. The van der Waals surface area contributed by atoms with Crippen molar-refractivity contribution in [3.8, 4) is 0 Å². The predicted octanol–water partition coefficient (Wildman–Crippen LogP) is 1.82. The molecule has 0 saturated heterocycles. The van der Waals surface area contributed by atoms with Gasteiger partial charge in [0.15, 0.2) is 0 Å². The summed E-state index contributed by atoms with van der Waals surface area (Å²) < 4.78 is 48.1. The Balaban J connectivity index is 2.64. The van der Waals surface area contributed by atoms with Gasteiger partial charge in [-0.3, -0.25) is 9.00 Å². The van der Waals surface area contributed by atoms with Crippen LogP contribution >= 0.6 is 15.9 Å². The van der Waals surface area contributed by atoms with Gasteiger partial charge in [-0.15, -0.1) is 0 Å². The minimum Gasteiger partial charge on any atom is -0.398 e. The van der Waals surface area contributed by atoms with Gasteiger partial charge in [-0.05, 0) is 18.2 Å². The Hall–Kier alpha value is -1.09. The number of carbonyl (C=O) groups excluding carboxylic acids is 1. The van der Waals surface area contributed by atoms with Crippen molar-refractivity contribution in [1.29, 1.82) is 0 Å². The summed E-state index contributed by atoms with van der Waals surface area (Å²) in [5.41, 5.74) is 5.80. The molecule has 0 saturated carbocycles. The first kappa shape index (κ1) is 16.0. The number of amides is 1. The van der Waals surface area contributed by atoms with Gasteiger partial charge in [-0.2, -0.15) is 13.2 Å². The van der Waals surface area contributed by atoms with Crippen LogP contribution in [0.4, 0.5) is 18.9 Å². The van der Waals surface area contributed by atoms with Crippen LogP contribution in [-0.2, 0) is 15.6 Å². The number of anilines is 1. The third-order valence-corrected chi connectivity index (χ3v) is 3.83. The molecule has 0 radical (unpaired) electrons. The zero-order valence-corrected chi connectivity index (χ0v) is 11.9. The minimum atomic E-state index is -4.49. The van der Waals surface area contributed by atoms with E-state index in [-0.39, 0.29) is 10.6 Å². The Morgan fingerprint density at radius 1 is 1.42 bits per heavy atom. The van der Waals surface area contributed by atoms with Gasteiger partial charge in [0.1, 0.15) is 12.3 Å². The fourth-order valence-electron chi connectivity index (χ4n) is 1.15. The Morgan fingerprint density at radius 3 is 2.63 bits per heavy atom. The number of carbonyl (C=O) groups is 1. The van der Waals surface area contributed by atoms with Crippen molar-refractivity contribution in [2.24, 2.45) is 0 Å². The topological polar surface area (TPSA) is 72.2 Å². The van der Waals surface area contributed by atoms with Crippen LogP contribution in [0.1, 0.15) is 0 Å². The first-order chi connectivity index (χ1) is 8.69. The van der Waals surface area contributed by atoms with Gasteiger partial charge in [-0.25, -0.2) is 0 Å². The smallest absolute Gasteiger partial charge is 0.398 e. The number of alkyl halides is 3. The summed E-state index contributed by atoms with van der Waals surface area (Å²) in [6.45, 7) is -1.45. The number of halogens is 4. The first-order valence-electron chi connectivity index (χ1n) is 4.96. The summed E-state index contributed by atoms with van der Waals surface area (Å²) in [5.74, 6) is -1.52. The molecule has 1 atom stereocenters. The van der Waals surface area contributed by atoms with Crippen molar-refractivity contribution in [2.45, 2.75) is 11.1 Å². The van der Waals surface area contributed by atoms with Gasteiger partial charge in [0.25, 0.3) is 0 Å². The maximum absolute atomic E-state index is 11.9. The summed E-state index contributed by atoms with van der Waals surface area (Å²) in [6, 6.07) is 4.58. The van der Waals surface area contributed by atoms with E-state index in [2.05, 4.69) is 15.9 Å². The molecule has 0 aromatic heterocycles. The summed E-state index contributed by atoms with van der Waals surface area (Å²) >= 11 is 3.15. The Morgan fingerprint density at radius 2 is 2.05 bits per heavy atom. The molecule has 1 rings (SSSR count). The SMILES string of the molecule is Nc1ccc(Br)cc1S(=O)CC(=O)NCC(F)(F)F. The van der Waals surface area contributed by atoms with E-state index in [0.29, 0.717) is 4.47 Å². The number of nitrogens with two attached hydrogens (primary N) is 1. The van der Waals surface area contributed by atoms with E-state index in [0.717, 1.165) is 0 Å². The lowest BCUT2D eigenvalue weighted by atomic mass is 10.3. The van der Waals surface area contributed by atoms with Crippen LogP contribution < -0.4 is 11.1 Å². The largest absolute Gasteiger partial charge is 0.405 e. The molecule has 106 valence electrons. The van der Waals surface area contributed by atoms with Crippen LogP contribution in [0.3, 0.4) is 0 Å². The molecule has 0 fully saturated rings. The van der Waals surface area contributed by atoms with Crippen molar-refractivity contribution in [3.63, 3.8) is 0 Å². The maximum Gasteiger partial charge on any atom is 0.405 e. The second kappa shape index (κ2) is 6.38. The number of hydrogen-bond acceptors (Lipinski definition) is 3. The molecule has 0 spiro atoms. The van der Waals surface area contributed by atoms with E-state index in [1.54, 1.807) is 11.4 Å². The Kier molecular flexibility index (Phi) is 5.36. The van der Waals surface area contributed by atoms with Crippen LogP contribution in [-0.4, -0.2) is 28.6 Å². The van der Waals surface area contributed by atoms with Crippen LogP contribution in [0.2, 0.25) is 0 Å². The average Bonchev–Trinajstić information content (AvgIpc) is 2.28. The lowest BCUT2D eigenvalue weighted by Gasteiger charge is -2.09. The van der Waals surface area contributed by atoms with Crippen molar-refractivity contribution in [2.75, 3.05) is 18.0 Å². The number of nitrogen functional groups attached to an aromatic ring is 1. The highest BCUT2D eigenvalue weighted by molar-refractivity contribution is 9.10. The predicted molar refractivity (Wildman–Crippen MR) is 68.9 cm³/mol. The molecular weight excluding hydrogens is 349 g/mol. The molecule has 1 aromatic carbocycles. The van der Waals surface area contributed by atoms with Gasteiger partial charge in [0, 0.05) is 10.2 Å². The molecule has 0 aliphatic carbocycles. The molecule has 19 heavy (non-hydrogen) atoms. The second-order valence-electron chi connectivity index (χ2n) is 3.56. The number of hydrogen-bond donors (Lipinski definition) is 2. The molecule has 0 bridgehead atoms. The van der Waals surface area contributed by atoms with Crippen molar-refractivity contribution in [1.82, 2.24) is 5.32 Å². The van der Waals surface area contributed by atoms with Gasteiger partial charge in [-0.1, -0.05) is 15.9 Å². The lowest BCUT2D eigenvalue weighted by molar-refractivity contribution is -0.136. The quantitative estimate of drug-likeness (QED) is 0.806. The molecule has 1 aromatic rings. The Bertz CT molecular complexity index is 508. The average molecular weight is 359 g/mol. The van der Waals surface area contributed by atoms with E-state index in [1.165, 1.54) is 12.1 Å². The summed E-state index contributed by atoms with van der Waals surface area (Å²) in [4.78, 5) is 11.4. The highest BCUT2D eigenvalue weighted by Gasteiger charge is 2.28. The number of nitrogens with one attached hydrogen (secondary N) is 1. The molecule has 0 aliphatic heterocycles. The number of rotatable bonds is 4. The zero-order valence-electron chi connectivity index (χ0n) is 9.46. The Labute approximate surface area is 118 Å². The summed E-state index contributed by atoms with van der Waals surface area (Å²) in [7, 11) is -1.80. The highest BCUT2D eigenvalue weighted by Crippen LogP contribution is 2.21. The molecular formula is C10H10BrF3N2O2S. The molecule has 3 N–H and O–H groups in total. The molecule has 9 heteroatoms. The second-order valence-corrected chi connectivity index (χ2v) is 5.90. The monoisotopic (exact) mass is 358 g/mol. The van der Waals surface area contributed by atoms with Gasteiger partial charge < -0.3 is 11.1 Å². The molecule has 1 amide bonds. The molecule has 0 aliphatic rings.